The topological polar surface area (TPSA) is 20.2 Å². The first-order valence-corrected chi connectivity index (χ1v) is 4.07. The molecule has 0 saturated heterocycles. The molecule has 0 radical (unpaired) electrons. The second kappa shape index (κ2) is 3.70. The molecule has 1 rings (SSSR count). The Morgan fingerprint density at radius 2 is 2.00 bits per heavy atom. The standard InChI is InChI=1S/C8H11OP/c9-5-7-2-1-3-8(4-7)6-10/h1-4,9H,5-6,10H2. The monoisotopic (exact) mass is 154 g/mol. The summed E-state index contributed by atoms with van der Waals surface area (Å²) >= 11 is 0. The van der Waals surface area contributed by atoms with Crippen LogP contribution in [0.1, 0.15) is 11.1 Å². The maximum atomic E-state index is 8.75. The Balaban J connectivity index is 2.87. The van der Waals surface area contributed by atoms with Crippen LogP contribution >= 0.6 is 9.24 Å². The van der Waals surface area contributed by atoms with E-state index in [2.05, 4.69) is 9.24 Å². The molecule has 1 aromatic rings. The molecule has 0 aliphatic carbocycles. The zero-order chi connectivity index (χ0) is 7.40. The van der Waals surface area contributed by atoms with Crippen LogP contribution in [0.15, 0.2) is 24.3 Å². The van der Waals surface area contributed by atoms with E-state index in [0.29, 0.717) is 0 Å². The van der Waals surface area contributed by atoms with Crippen LogP contribution in [0.25, 0.3) is 0 Å². The molecule has 0 heterocycles. The van der Waals surface area contributed by atoms with Gasteiger partial charge in [0.1, 0.15) is 0 Å². The Labute approximate surface area is 63.3 Å². The highest BCUT2D eigenvalue weighted by Crippen LogP contribution is 2.08. The molecule has 0 spiro atoms. The molecule has 0 bridgehead atoms. The molecule has 1 nitrogen and oxygen atoms in total. The molecule has 0 amide bonds. The lowest BCUT2D eigenvalue weighted by molar-refractivity contribution is 0.282. The van der Waals surface area contributed by atoms with Gasteiger partial charge in [-0.25, -0.2) is 0 Å². The lowest BCUT2D eigenvalue weighted by Gasteiger charge is -1.98. The number of aliphatic hydroxyl groups excluding tert-OH is 1. The van der Waals surface area contributed by atoms with Crippen molar-refractivity contribution in [1.29, 1.82) is 0 Å². The van der Waals surface area contributed by atoms with Crippen molar-refractivity contribution in [3.8, 4) is 0 Å². The maximum absolute atomic E-state index is 8.75. The highest BCUT2D eigenvalue weighted by molar-refractivity contribution is 7.15. The van der Waals surface area contributed by atoms with Gasteiger partial charge in [0.15, 0.2) is 0 Å². The maximum Gasteiger partial charge on any atom is 0.0681 e. The smallest absolute Gasteiger partial charge is 0.0681 e. The van der Waals surface area contributed by atoms with Crippen LogP contribution in [0.2, 0.25) is 0 Å². The van der Waals surface area contributed by atoms with Crippen LogP contribution < -0.4 is 0 Å². The van der Waals surface area contributed by atoms with E-state index in [1.807, 2.05) is 24.3 Å². The zero-order valence-electron chi connectivity index (χ0n) is 5.75. The second-order valence-electron chi connectivity index (χ2n) is 2.18. The van der Waals surface area contributed by atoms with E-state index in [0.717, 1.165) is 11.7 Å². The van der Waals surface area contributed by atoms with Gasteiger partial charge in [-0.05, 0) is 17.3 Å². The van der Waals surface area contributed by atoms with E-state index in [9.17, 15) is 0 Å². The summed E-state index contributed by atoms with van der Waals surface area (Å²) in [5.74, 6) is 0. The van der Waals surface area contributed by atoms with Crippen LogP contribution in [0.5, 0.6) is 0 Å². The van der Waals surface area contributed by atoms with E-state index in [-0.39, 0.29) is 6.61 Å². The van der Waals surface area contributed by atoms with Crippen molar-refractivity contribution in [3.05, 3.63) is 35.4 Å². The van der Waals surface area contributed by atoms with Crippen LogP contribution in [0, 0.1) is 0 Å². The summed E-state index contributed by atoms with van der Waals surface area (Å²) in [7, 11) is 2.65. The number of aliphatic hydroxyl groups is 1. The summed E-state index contributed by atoms with van der Waals surface area (Å²) in [5, 5.41) is 8.75. The minimum absolute atomic E-state index is 0.137. The van der Waals surface area contributed by atoms with Crippen molar-refractivity contribution < 1.29 is 5.11 Å². The highest BCUT2D eigenvalue weighted by atomic mass is 31.0. The summed E-state index contributed by atoms with van der Waals surface area (Å²) in [6.07, 6.45) is 0.952. The minimum Gasteiger partial charge on any atom is -0.392 e. The van der Waals surface area contributed by atoms with Gasteiger partial charge in [-0.1, -0.05) is 24.3 Å². The number of hydrogen-bond acceptors (Lipinski definition) is 1. The fourth-order valence-corrected chi connectivity index (χ4v) is 1.11. The summed E-state index contributed by atoms with van der Waals surface area (Å²) < 4.78 is 0. The Bertz CT molecular complexity index is 191. The second-order valence-corrected chi connectivity index (χ2v) is 2.59. The van der Waals surface area contributed by atoms with Crippen LogP contribution in [-0.4, -0.2) is 5.11 Å². The molecule has 1 atom stereocenters. The van der Waals surface area contributed by atoms with E-state index < -0.39 is 0 Å². The van der Waals surface area contributed by atoms with E-state index in [1.54, 1.807) is 0 Å². The molecule has 0 aliphatic rings. The van der Waals surface area contributed by atoms with Crippen LogP contribution in [0.3, 0.4) is 0 Å². The van der Waals surface area contributed by atoms with Crippen molar-refractivity contribution in [2.24, 2.45) is 0 Å². The molecule has 1 aromatic carbocycles. The molecule has 1 N–H and O–H groups in total. The predicted molar refractivity (Wildman–Crippen MR) is 45.8 cm³/mol. The first-order valence-electron chi connectivity index (χ1n) is 3.25. The van der Waals surface area contributed by atoms with Crippen LogP contribution in [-0.2, 0) is 12.8 Å². The van der Waals surface area contributed by atoms with Gasteiger partial charge < -0.3 is 5.11 Å². The van der Waals surface area contributed by atoms with Gasteiger partial charge >= 0.3 is 0 Å². The number of benzene rings is 1. The quantitative estimate of drug-likeness (QED) is 0.641. The van der Waals surface area contributed by atoms with E-state index in [4.69, 9.17) is 5.11 Å². The largest absolute Gasteiger partial charge is 0.392 e. The van der Waals surface area contributed by atoms with Gasteiger partial charge in [0, 0.05) is 0 Å². The molecule has 2 heteroatoms. The Morgan fingerprint density at radius 3 is 2.60 bits per heavy atom. The molecule has 0 aromatic heterocycles. The molecule has 0 aliphatic heterocycles. The van der Waals surface area contributed by atoms with Gasteiger partial charge in [0.25, 0.3) is 0 Å². The van der Waals surface area contributed by atoms with E-state index >= 15 is 0 Å². The van der Waals surface area contributed by atoms with Gasteiger partial charge in [-0.2, -0.15) is 0 Å². The van der Waals surface area contributed by atoms with Gasteiger partial charge in [0.05, 0.1) is 6.61 Å². The van der Waals surface area contributed by atoms with Crippen molar-refractivity contribution in [2.75, 3.05) is 0 Å². The third-order valence-corrected chi connectivity index (χ3v) is 1.88. The third kappa shape index (κ3) is 1.80. The SMILES string of the molecule is OCc1cccc(CP)c1. The fourth-order valence-electron chi connectivity index (χ4n) is 0.855. The Kier molecular flexibility index (Phi) is 2.85. The first-order chi connectivity index (χ1) is 4.86. The fraction of sp³-hybridized carbons (Fsp3) is 0.250. The average molecular weight is 154 g/mol. The zero-order valence-corrected chi connectivity index (χ0v) is 6.90. The minimum atomic E-state index is 0.137. The average Bonchev–Trinajstić information content (AvgIpc) is 2.05. The highest BCUT2D eigenvalue weighted by Gasteiger charge is 1.90. The summed E-state index contributed by atoms with van der Waals surface area (Å²) in [5.41, 5.74) is 2.23. The number of hydrogen-bond donors (Lipinski definition) is 1. The van der Waals surface area contributed by atoms with Crippen molar-refractivity contribution >= 4 is 9.24 Å². The summed E-state index contributed by atoms with van der Waals surface area (Å²) in [4.78, 5) is 0. The van der Waals surface area contributed by atoms with Crippen LogP contribution in [0.4, 0.5) is 0 Å². The first kappa shape index (κ1) is 7.71. The molecular weight excluding hydrogens is 143 g/mol. The van der Waals surface area contributed by atoms with Crippen molar-refractivity contribution in [1.82, 2.24) is 0 Å². The molecular formula is C8H11OP. The molecule has 54 valence electrons. The van der Waals surface area contributed by atoms with Crippen molar-refractivity contribution in [3.63, 3.8) is 0 Å². The van der Waals surface area contributed by atoms with Gasteiger partial charge in [-0.3, -0.25) is 0 Å². The third-order valence-electron chi connectivity index (χ3n) is 1.41. The summed E-state index contributed by atoms with van der Waals surface area (Å²) in [6, 6.07) is 7.94. The number of rotatable bonds is 2. The molecule has 1 unspecified atom stereocenters. The lowest BCUT2D eigenvalue weighted by Crippen LogP contribution is -1.84. The Hall–Kier alpha value is -0.390. The van der Waals surface area contributed by atoms with Crippen molar-refractivity contribution in [2.45, 2.75) is 12.8 Å². The molecule has 0 saturated carbocycles. The predicted octanol–water partition coefficient (Wildman–Crippen LogP) is 1.55. The summed E-state index contributed by atoms with van der Waals surface area (Å²) in [6.45, 7) is 0.137. The lowest BCUT2D eigenvalue weighted by atomic mass is 10.1. The Morgan fingerprint density at radius 1 is 1.30 bits per heavy atom. The van der Waals surface area contributed by atoms with Gasteiger partial charge in [-0.15, -0.1) is 9.24 Å². The normalized spacial score (nSPS) is 9.80. The van der Waals surface area contributed by atoms with Gasteiger partial charge in [0.2, 0.25) is 0 Å². The van der Waals surface area contributed by atoms with E-state index in [1.165, 1.54) is 5.56 Å². The molecule has 0 fully saturated rings. The molecule has 10 heavy (non-hydrogen) atoms.